The predicted molar refractivity (Wildman–Crippen MR) is 96.5 cm³/mol. The fraction of sp³-hybridized carbons (Fsp3) is 0.722. The SMILES string of the molecule is CC(N)COC(C)CC(=O)N1CCN(c2ncc(C3CC3)cn2)CC1. The molecular formula is C18H29N5O2. The van der Waals surface area contributed by atoms with E-state index in [9.17, 15) is 4.79 Å². The Labute approximate surface area is 149 Å². The van der Waals surface area contributed by atoms with Crippen LogP contribution in [0.25, 0.3) is 0 Å². The first kappa shape index (κ1) is 18.1. The lowest BCUT2D eigenvalue weighted by Crippen LogP contribution is -2.49. The van der Waals surface area contributed by atoms with Gasteiger partial charge in [0.2, 0.25) is 11.9 Å². The lowest BCUT2D eigenvalue weighted by molar-refractivity contribution is -0.134. The van der Waals surface area contributed by atoms with Crippen molar-refractivity contribution in [2.45, 2.75) is 51.2 Å². The van der Waals surface area contributed by atoms with Crippen LogP contribution in [0.3, 0.4) is 0 Å². The van der Waals surface area contributed by atoms with Gasteiger partial charge in [0.05, 0.1) is 19.1 Å². The fourth-order valence-electron chi connectivity index (χ4n) is 3.03. The Morgan fingerprint density at radius 1 is 1.24 bits per heavy atom. The highest BCUT2D eigenvalue weighted by Crippen LogP contribution is 2.39. The first-order valence-electron chi connectivity index (χ1n) is 9.24. The first-order chi connectivity index (χ1) is 12.0. The summed E-state index contributed by atoms with van der Waals surface area (Å²) in [5, 5.41) is 0. The highest BCUT2D eigenvalue weighted by molar-refractivity contribution is 5.77. The van der Waals surface area contributed by atoms with E-state index >= 15 is 0 Å². The van der Waals surface area contributed by atoms with Crippen LogP contribution in [0.5, 0.6) is 0 Å². The Bertz CT molecular complexity index is 565. The number of hydrogen-bond donors (Lipinski definition) is 1. The summed E-state index contributed by atoms with van der Waals surface area (Å²) in [6.07, 6.45) is 6.73. The molecule has 1 saturated heterocycles. The number of amides is 1. The molecule has 0 aromatic carbocycles. The van der Waals surface area contributed by atoms with Gasteiger partial charge in [-0.15, -0.1) is 0 Å². The molecule has 1 aliphatic carbocycles. The molecule has 2 atom stereocenters. The summed E-state index contributed by atoms with van der Waals surface area (Å²) in [5.74, 6) is 1.59. The number of carbonyl (C=O) groups excluding carboxylic acids is 1. The minimum absolute atomic E-state index is 0.00704. The van der Waals surface area contributed by atoms with E-state index < -0.39 is 0 Å². The smallest absolute Gasteiger partial charge is 0.225 e. The van der Waals surface area contributed by atoms with Gasteiger partial charge in [0, 0.05) is 44.6 Å². The number of nitrogens with zero attached hydrogens (tertiary/aromatic N) is 4. The molecule has 7 nitrogen and oxygen atoms in total. The molecule has 1 aromatic rings. The van der Waals surface area contributed by atoms with Crippen molar-refractivity contribution < 1.29 is 9.53 Å². The van der Waals surface area contributed by atoms with E-state index in [0.717, 1.165) is 19.0 Å². The molecule has 1 aromatic heterocycles. The summed E-state index contributed by atoms with van der Waals surface area (Å²) in [5.41, 5.74) is 6.92. The normalized spacial score (nSPS) is 20.4. The van der Waals surface area contributed by atoms with Crippen LogP contribution in [-0.4, -0.2) is 65.7 Å². The van der Waals surface area contributed by atoms with Crippen molar-refractivity contribution in [1.29, 1.82) is 0 Å². The molecule has 2 heterocycles. The molecule has 2 N–H and O–H groups in total. The molecular weight excluding hydrogens is 318 g/mol. The van der Waals surface area contributed by atoms with Gasteiger partial charge in [-0.25, -0.2) is 9.97 Å². The van der Waals surface area contributed by atoms with Crippen LogP contribution in [-0.2, 0) is 9.53 Å². The fourth-order valence-corrected chi connectivity index (χ4v) is 3.03. The average Bonchev–Trinajstić information content (AvgIpc) is 3.45. The van der Waals surface area contributed by atoms with Gasteiger partial charge in [-0.3, -0.25) is 4.79 Å². The van der Waals surface area contributed by atoms with Gasteiger partial charge >= 0.3 is 0 Å². The molecule has 0 bridgehead atoms. The number of aromatic nitrogens is 2. The van der Waals surface area contributed by atoms with Gasteiger partial charge in [-0.1, -0.05) is 0 Å². The van der Waals surface area contributed by atoms with E-state index in [-0.39, 0.29) is 18.1 Å². The third-order valence-electron chi connectivity index (χ3n) is 4.73. The molecule has 138 valence electrons. The number of carbonyl (C=O) groups is 1. The standard InChI is InChI=1S/C18H29N5O2/c1-13(19)12-25-14(2)9-17(24)22-5-7-23(8-6-22)18-20-10-16(11-21-18)15-3-4-15/h10-11,13-15H,3-9,12,19H2,1-2H3. The van der Waals surface area contributed by atoms with E-state index in [2.05, 4.69) is 14.9 Å². The van der Waals surface area contributed by atoms with E-state index in [1.54, 1.807) is 0 Å². The molecule has 7 heteroatoms. The van der Waals surface area contributed by atoms with E-state index in [1.807, 2.05) is 31.1 Å². The molecule has 2 fully saturated rings. The van der Waals surface area contributed by atoms with Gasteiger partial charge in [-0.2, -0.15) is 0 Å². The minimum Gasteiger partial charge on any atom is -0.376 e. The van der Waals surface area contributed by atoms with Crippen molar-refractivity contribution in [1.82, 2.24) is 14.9 Å². The van der Waals surface area contributed by atoms with Crippen LogP contribution in [0.15, 0.2) is 12.4 Å². The summed E-state index contributed by atoms with van der Waals surface area (Å²) in [7, 11) is 0. The molecule has 3 rings (SSSR count). The lowest BCUT2D eigenvalue weighted by Gasteiger charge is -2.35. The van der Waals surface area contributed by atoms with Crippen molar-refractivity contribution in [2.24, 2.45) is 5.73 Å². The van der Waals surface area contributed by atoms with Crippen molar-refractivity contribution in [3.63, 3.8) is 0 Å². The molecule has 1 saturated carbocycles. The van der Waals surface area contributed by atoms with E-state index in [0.29, 0.717) is 32.0 Å². The van der Waals surface area contributed by atoms with Gasteiger partial charge < -0.3 is 20.3 Å². The Morgan fingerprint density at radius 3 is 2.44 bits per heavy atom. The largest absolute Gasteiger partial charge is 0.376 e. The molecule has 2 aliphatic rings. The predicted octanol–water partition coefficient (Wildman–Crippen LogP) is 1.15. The summed E-state index contributed by atoms with van der Waals surface area (Å²) in [6.45, 7) is 7.24. The van der Waals surface area contributed by atoms with Crippen LogP contribution < -0.4 is 10.6 Å². The Kier molecular flexibility index (Phi) is 5.86. The van der Waals surface area contributed by atoms with E-state index in [1.165, 1.54) is 18.4 Å². The first-order valence-corrected chi connectivity index (χ1v) is 9.24. The topological polar surface area (TPSA) is 84.6 Å². The summed E-state index contributed by atoms with van der Waals surface area (Å²) < 4.78 is 5.59. The quantitative estimate of drug-likeness (QED) is 0.796. The molecule has 0 spiro atoms. The van der Waals surface area contributed by atoms with Crippen molar-refractivity contribution in [3.8, 4) is 0 Å². The van der Waals surface area contributed by atoms with Gasteiger partial charge in [-0.05, 0) is 38.2 Å². The molecule has 1 aliphatic heterocycles. The number of nitrogens with two attached hydrogens (primary N) is 1. The third kappa shape index (κ3) is 5.12. The lowest BCUT2D eigenvalue weighted by atomic mass is 10.2. The highest BCUT2D eigenvalue weighted by atomic mass is 16.5. The maximum absolute atomic E-state index is 12.4. The number of hydrogen-bond acceptors (Lipinski definition) is 6. The van der Waals surface area contributed by atoms with Crippen molar-refractivity contribution >= 4 is 11.9 Å². The highest BCUT2D eigenvalue weighted by Gasteiger charge is 2.26. The van der Waals surface area contributed by atoms with Crippen LogP contribution in [0.1, 0.15) is 44.6 Å². The zero-order chi connectivity index (χ0) is 17.8. The number of rotatable bonds is 7. The van der Waals surface area contributed by atoms with Crippen LogP contribution >= 0.6 is 0 Å². The van der Waals surface area contributed by atoms with Crippen LogP contribution in [0.4, 0.5) is 5.95 Å². The summed E-state index contributed by atoms with van der Waals surface area (Å²) in [4.78, 5) is 25.4. The van der Waals surface area contributed by atoms with E-state index in [4.69, 9.17) is 10.5 Å². The minimum atomic E-state index is -0.102. The average molecular weight is 347 g/mol. The van der Waals surface area contributed by atoms with Crippen molar-refractivity contribution in [3.05, 3.63) is 18.0 Å². The number of piperazine rings is 1. The van der Waals surface area contributed by atoms with Crippen molar-refractivity contribution in [2.75, 3.05) is 37.7 Å². The Morgan fingerprint density at radius 2 is 1.88 bits per heavy atom. The zero-order valence-corrected chi connectivity index (χ0v) is 15.2. The monoisotopic (exact) mass is 347 g/mol. The number of ether oxygens (including phenoxy) is 1. The summed E-state index contributed by atoms with van der Waals surface area (Å²) in [6, 6.07) is -0.00704. The second-order valence-corrected chi connectivity index (χ2v) is 7.28. The maximum atomic E-state index is 12.4. The second-order valence-electron chi connectivity index (χ2n) is 7.28. The van der Waals surface area contributed by atoms with Crippen LogP contribution in [0.2, 0.25) is 0 Å². The molecule has 25 heavy (non-hydrogen) atoms. The molecule has 0 radical (unpaired) electrons. The van der Waals surface area contributed by atoms with Crippen LogP contribution in [0, 0.1) is 0 Å². The Balaban J connectivity index is 1.43. The second kappa shape index (κ2) is 8.10. The third-order valence-corrected chi connectivity index (χ3v) is 4.73. The number of anilines is 1. The zero-order valence-electron chi connectivity index (χ0n) is 15.2. The van der Waals surface area contributed by atoms with Gasteiger partial charge in [0.25, 0.3) is 0 Å². The molecule has 1 amide bonds. The summed E-state index contributed by atoms with van der Waals surface area (Å²) >= 11 is 0. The van der Waals surface area contributed by atoms with Gasteiger partial charge in [0.15, 0.2) is 0 Å². The Hall–Kier alpha value is -1.73. The van der Waals surface area contributed by atoms with Gasteiger partial charge in [0.1, 0.15) is 0 Å². The molecule has 2 unspecified atom stereocenters. The maximum Gasteiger partial charge on any atom is 0.225 e.